The minimum Gasteiger partial charge on any atom is -0.467 e. The van der Waals surface area contributed by atoms with Crippen molar-refractivity contribution in [1.29, 1.82) is 0 Å². The monoisotopic (exact) mass is 338 g/mol. The lowest BCUT2D eigenvalue weighted by Gasteiger charge is -2.11. The predicted octanol–water partition coefficient (Wildman–Crippen LogP) is 2.23. The Bertz CT molecular complexity index is 584. The highest BCUT2D eigenvalue weighted by molar-refractivity contribution is 9.10. The molecule has 0 radical (unpaired) electrons. The first-order valence-corrected chi connectivity index (χ1v) is 6.77. The lowest BCUT2D eigenvalue weighted by Crippen LogP contribution is -2.13. The Hall–Kier alpha value is -1.93. The molecule has 1 aromatic heterocycles. The maximum atomic E-state index is 5.32. The van der Waals surface area contributed by atoms with Gasteiger partial charge in [0.15, 0.2) is 0 Å². The van der Waals surface area contributed by atoms with E-state index in [0.29, 0.717) is 5.95 Å². The maximum Gasteiger partial charge on any atom is 0.322 e. The summed E-state index contributed by atoms with van der Waals surface area (Å²) < 4.78 is 6.03. The molecule has 4 N–H and O–H groups in total. The van der Waals surface area contributed by atoms with Gasteiger partial charge >= 0.3 is 6.01 Å². The van der Waals surface area contributed by atoms with Crippen molar-refractivity contribution in [3.05, 3.63) is 28.2 Å². The number of aromatic nitrogens is 3. The zero-order valence-electron chi connectivity index (χ0n) is 11.1. The summed E-state index contributed by atoms with van der Waals surface area (Å²) in [5.41, 5.74) is 4.44. The van der Waals surface area contributed by atoms with Crippen molar-refractivity contribution < 1.29 is 4.74 Å². The van der Waals surface area contributed by atoms with Gasteiger partial charge in [0.1, 0.15) is 0 Å². The van der Waals surface area contributed by atoms with Gasteiger partial charge in [-0.25, -0.2) is 5.84 Å². The topological polar surface area (TPSA) is 98.0 Å². The molecule has 1 heterocycles. The molecule has 7 nitrogen and oxygen atoms in total. The molecule has 0 unspecified atom stereocenters. The summed E-state index contributed by atoms with van der Waals surface area (Å²) in [5.74, 6) is 5.91. The number of aryl methyl sites for hydroxylation is 1. The van der Waals surface area contributed by atoms with Crippen molar-refractivity contribution in [2.75, 3.05) is 17.9 Å². The molecule has 2 aromatic rings. The summed E-state index contributed by atoms with van der Waals surface area (Å²) in [5, 5.41) is 3.14. The van der Waals surface area contributed by atoms with Gasteiger partial charge in [-0.2, -0.15) is 15.0 Å². The van der Waals surface area contributed by atoms with Crippen molar-refractivity contribution in [2.24, 2.45) is 5.84 Å². The molecule has 106 valence electrons. The number of hydrogen-bond donors (Lipinski definition) is 3. The SMILES string of the molecule is CCc1cc(Br)ccc1Nc1nc(NN)nc(OC)n1. The molecule has 0 aliphatic rings. The Morgan fingerprint density at radius 1 is 1.25 bits per heavy atom. The molecule has 20 heavy (non-hydrogen) atoms. The molecular formula is C12H15BrN6O. The Morgan fingerprint density at radius 2 is 2.00 bits per heavy atom. The maximum absolute atomic E-state index is 5.32. The Kier molecular flexibility index (Phi) is 4.70. The normalized spacial score (nSPS) is 10.2. The molecule has 0 fully saturated rings. The second-order valence-electron chi connectivity index (χ2n) is 3.89. The van der Waals surface area contributed by atoms with Crippen LogP contribution >= 0.6 is 15.9 Å². The number of ether oxygens (including phenoxy) is 1. The molecule has 0 amide bonds. The number of hydrogen-bond acceptors (Lipinski definition) is 7. The largest absolute Gasteiger partial charge is 0.467 e. The summed E-state index contributed by atoms with van der Waals surface area (Å²) >= 11 is 3.45. The number of halogens is 1. The molecule has 0 aliphatic heterocycles. The van der Waals surface area contributed by atoms with Crippen LogP contribution in [0.2, 0.25) is 0 Å². The smallest absolute Gasteiger partial charge is 0.322 e. The second-order valence-corrected chi connectivity index (χ2v) is 4.81. The van der Waals surface area contributed by atoms with Crippen molar-refractivity contribution in [1.82, 2.24) is 15.0 Å². The highest BCUT2D eigenvalue weighted by Crippen LogP contribution is 2.24. The lowest BCUT2D eigenvalue weighted by molar-refractivity contribution is 0.379. The fourth-order valence-electron chi connectivity index (χ4n) is 1.67. The number of benzene rings is 1. The van der Waals surface area contributed by atoms with E-state index in [1.54, 1.807) is 0 Å². The third-order valence-electron chi connectivity index (χ3n) is 2.62. The third kappa shape index (κ3) is 3.34. The van der Waals surface area contributed by atoms with Gasteiger partial charge in [-0.15, -0.1) is 0 Å². The van der Waals surface area contributed by atoms with Crippen molar-refractivity contribution in [3.8, 4) is 6.01 Å². The van der Waals surface area contributed by atoms with Gasteiger partial charge in [-0.3, -0.25) is 5.43 Å². The molecule has 0 spiro atoms. The predicted molar refractivity (Wildman–Crippen MR) is 81.0 cm³/mol. The van der Waals surface area contributed by atoms with Crippen LogP contribution in [0.4, 0.5) is 17.6 Å². The van der Waals surface area contributed by atoms with E-state index in [2.05, 4.69) is 48.5 Å². The summed E-state index contributed by atoms with van der Waals surface area (Å²) in [4.78, 5) is 12.2. The molecule has 0 bridgehead atoms. The van der Waals surface area contributed by atoms with Gasteiger partial charge < -0.3 is 10.1 Å². The number of nitrogens with zero attached hydrogens (tertiary/aromatic N) is 3. The van der Waals surface area contributed by atoms with Crippen LogP contribution in [0.3, 0.4) is 0 Å². The number of methoxy groups -OCH3 is 1. The van der Waals surface area contributed by atoms with Crippen LogP contribution in [-0.2, 0) is 6.42 Å². The fourth-order valence-corrected chi connectivity index (χ4v) is 2.07. The van der Waals surface area contributed by atoms with Crippen LogP contribution in [0.25, 0.3) is 0 Å². The van der Waals surface area contributed by atoms with Crippen molar-refractivity contribution in [3.63, 3.8) is 0 Å². The van der Waals surface area contributed by atoms with Gasteiger partial charge in [0.25, 0.3) is 0 Å². The summed E-state index contributed by atoms with van der Waals surface area (Å²) in [6.45, 7) is 2.08. The zero-order valence-corrected chi connectivity index (χ0v) is 12.7. The molecule has 0 aliphatic carbocycles. The van der Waals surface area contributed by atoms with E-state index in [1.165, 1.54) is 7.11 Å². The first-order valence-electron chi connectivity index (χ1n) is 5.98. The highest BCUT2D eigenvalue weighted by atomic mass is 79.9. The molecule has 0 atom stereocenters. The van der Waals surface area contributed by atoms with Crippen molar-refractivity contribution in [2.45, 2.75) is 13.3 Å². The van der Waals surface area contributed by atoms with Gasteiger partial charge in [-0.05, 0) is 30.2 Å². The van der Waals surface area contributed by atoms with Crippen LogP contribution < -0.4 is 21.3 Å². The first kappa shape index (κ1) is 14.5. The molecule has 8 heteroatoms. The van der Waals surface area contributed by atoms with E-state index in [9.17, 15) is 0 Å². The van der Waals surface area contributed by atoms with Gasteiger partial charge in [0.2, 0.25) is 11.9 Å². The summed E-state index contributed by atoms with van der Waals surface area (Å²) in [6.07, 6.45) is 0.881. The molecular weight excluding hydrogens is 324 g/mol. The Morgan fingerprint density at radius 3 is 2.65 bits per heavy atom. The summed E-state index contributed by atoms with van der Waals surface area (Å²) in [6, 6.07) is 6.13. The van der Waals surface area contributed by atoms with Crippen LogP contribution in [0.1, 0.15) is 12.5 Å². The molecule has 2 rings (SSSR count). The van der Waals surface area contributed by atoms with E-state index < -0.39 is 0 Å². The van der Waals surface area contributed by atoms with Crippen LogP contribution in [0.5, 0.6) is 6.01 Å². The standard InChI is InChI=1S/C12H15BrN6O/c1-3-7-6-8(13)4-5-9(7)15-10-16-11(19-14)18-12(17-10)20-2/h4-6H,3,14H2,1-2H3,(H2,15,16,17,18,19). The molecule has 0 saturated carbocycles. The molecule has 1 aromatic carbocycles. The second kappa shape index (κ2) is 6.49. The highest BCUT2D eigenvalue weighted by Gasteiger charge is 2.08. The number of rotatable bonds is 5. The minimum atomic E-state index is 0.186. The van der Waals surface area contributed by atoms with E-state index >= 15 is 0 Å². The van der Waals surface area contributed by atoms with E-state index in [1.807, 2.05) is 18.2 Å². The first-order chi connectivity index (χ1) is 9.66. The minimum absolute atomic E-state index is 0.186. The lowest BCUT2D eigenvalue weighted by atomic mass is 10.1. The number of nitrogens with one attached hydrogen (secondary N) is 2. The van der Waals surface area contributed by atoms with Crippen LogP contribution in [0.15, 0.2) is 22.7 Å². The van der Waals surface area contributed by atoms with E-state index in [0.717, 1.165) is 22.1 Å². The average molecular weight is 339 g/mol. The quantitative estimate of drug-likeness (QED) is 0.568. The number of anilines is 3. The van der Waals surface area contributed by atoms with E-state index in [4.69, 9.17) is 10.6 Å². The number of hydrazine groups is 1. The number of nitrogen functional groups attached to an aromatic ring is 1. The third-order valence-corrected chi connectivity index (χ3v) is 3.11. The van der Waals surface area contributed by atoms with Gasteiger partial charge in [0, 0.05) is 10.2 Å². The zero-order chi connectivity index (χ0) is 14.5. The average Bonchev–Trinajstić information content (AvgIpc) is 2.48. The number of nitrogens with two attached hydrogens (primary N) is 1. The van der Waals surface area contributed by atoms with Crippen LogP contribution in [0, 0.1) is 0 Å². The Labute approximate surface area is 125 Å². The Balaban J connectivity index is 2.34. The molecule has 0 saturated heterocycles. The summed E-state index contributed by atoms with van der Waals surface area (Å²) in [7, 11) is 1.48. The van der Waals surface area contributed by atoms with Crippen LogP contribution in [-0.4, -0.2) is 22.1 Å². The van der Waals surface area contributed by atoms with Crippen molar-refractivity contribution >= 4 is 33.5 Å². The van der Waals surface area contributed by atoms with Gasteiger partial charge in [0.05, 0.1) is 7.11 Å². The van der Waals surface area contributed by atoms with Gasteiger partial charge in [-0.1, -0.05) is 22.9 Å². The van der Waals surface area contributed by atoms with E-state index in [-0.39, 0.29) is 12.0 Å². The fraction of sp³-hybridized carbons (Fsp3) is 0.250.